The van der Waals surface area contributed by atoms with Gasteiger partial charge >= 0.3 is 11.9 Å². The van der Waals surface area contributed by atoms with Crippen LogP contribution in [0.1, 0.15) is 42.5 Å². The summed E-state index contributed by atoms with van der Waals surface area (Å²) >= 11 is 0. The zero-order valence-electron chi connectivity index (χ0n) is 11.6. The van der Waals surface area contributed by atoms with Crippen molar-refractivity contribution in [2.75, 3.05) is 13.7 Å². The normalized spacial score (nSPS) is 10.1. The van der Waals surface area contributed by atoms with E-state index in [0.29, 0.717) is 18.8 Å². The number of methoxy groups -OCH3 is 1. The maximum absolute atomic E-state index is 10.9. The van der Waals surface area contributed by atoms with Crippen LogP contribution in [0.4, 0.5) is 0 Å². The molecule has 1 aromatic carbocycles. The second-order valence-electron chi connectivity index (χ2n) is 4.42. The Kier molecular flexibility index (Phi) is 7.17. The molecular weight excluding hydrogens is 260 g/mol. The van der Waals surface area contributed by atoms with E-state index in [0.717, 1.165) is 25.7 Å². The molecule has 1 N–H and O–H groups in total. The molecule has 0 aliphatic carbocycles. The largest absolute Gasteiger partial charge is 0.494 e. The Labute approximate surface area is 118 Å². The van der Waals surface area contributed by atoms with E-state index >= 15 is 0 Å². The molecule has 0 atom stereocenters. The van der Waals surface area contributed by atoms with Gasteiger partial charge in [-0.15, -0.1) is 0 Å². The highest BCUT2D eigenvalue weighted by Crippen LogP contribution is 2.13. The first kappa shape index (κ1) is 16.0. The number of unbranched alkanes of at least 4 members (excludes halogenated alkanes) is 3. The second-order valence-corrected chi connectivity index (χ2v) is 4.42. The molecule has 0 unspecified atom stereocenters. The fraction of sp³-hybridized carbons (Fsp3) is 0.467. The van der Waals surface area contributed by atoms with Gasteiger partial charge in [-0.2, -0.15) is 0 Å². The number of ether oxygens (including phenoxy) is 2. The molecule has 0 aliphatic rings. The van der Waals surface area contributed by atoms with E-state index in [1.54, 1.807) is 12.1 Å². The molecule has 110 valence electrons. The number of carbonyl (C=O) groups is 2. The van der Waals surface area contributed by atoms with E-state index < -0.39 is 5.97 Å². The number of hydrogen-bond acceptors (Lipinski definition) is 4. The predicted octanol–water partition coefficient (Wildman–Crippen LogP) is 2.89. The van der Waals surface area contributed by atoms with Crippen LogP contribution >= 0.6 is 0 Å². The van der Waals surface area contributed by atoms with Gasteiger partial charge in [0.25, 0.3) is 0 Å². The number of carboxylic acids is 1. The van der Waals surface area contributed by atoms with E-state index in [2.05, 4.69) is 4.74 Å². The van der Waals surface area contributed by atoms with Crippen molar-refractivity contribution in [1.82, 2.24) is 0 Å². The van der Waals surface area contributed by atoms with Gasteiger partial charge in [-0.1, -0.05) is 12.8 Å². The highest BCUT2D eigenvalue weighted by atomic mass is 16.5. The van der Waals surface area contributed by atoms with Gasteiger partial charge in [-0.05, 0) is 37.1 Å². The maximum Gasteiger partial charge on any atom is 0.335 e. The molecule has 0 spiro atoms. The van der Waals surface area contributed by atoms with Gasteiger partial charge < -0.3 is 14.6 Å². The van der Waals surface area contributed by atoms with Gasteiger partial charge in [-0.3, -0.25) is 4.79 Å². The topological polar surface area (TPSA) is 72.8 Å². The number of carboxylic acid groups (broad SMARTS) is 1. The van der Waals surface area contributed by atoms with Crippen molar-refractivity contribution in [3.63, 3.8) is 0 Å². The zero-order valence-corrected chi connectivity index (χ0v) is 11.6. The molecule has 0 aliphatic heterocycles. The van der Waals surface area contributed by atoms with Gasteiger partial charge in [0, 0.05) is 6.42 Å². The third-order valence-corrected chi connectivity index (χ3v) is 2.87. The summed E-state index contributed by atoms with van der Waals surface area (Å²) in [6.45, 7) is 0.588. The molecule has 0 saturated heterocycles. The summed E-state index contributed by atoms with van der Waals surface area (Å²) in [6.07, 6.45) is 4.16. The highest BCUT2D eigenvalue weighted by Gasteiger charge is 2.02. The summed E-state index contributed by atoms with van der Waals surface area (Å²) in [5.74, 6) is -0.438. The smallest absolute Gasteiger partial charge is 0.335 e. The Morgan fingerprint density at radius 3 is 2.30 bits per heavy atom. The van der Waals surface area contributed by atoms with Crippen molar-refractivity contribution in [1.29, 1.82) is 0 Å². The lowest BCUT2D eigenvalue weighted by Crippen LogP contribution is -2.01. The van der Waals surface area contributed by atoms with Crippen LogP contribution in [0.15, 0.2) is 24.3 Å². The van der Waals surface area contributed by atoms with Gasteiger partial charge in [0.05, 0.1) is 19.3 Å². The summed E-state index contributed by atoms with van der Waals surface area (Å²) in [6, 6.07) is 6.35. The Balaban J connectivity index is 2.09. The van der Waals surface area contributed by atoms with E-state index in [1.807, 2.05) is 0 Å². The molecule has 0 fully saturated rings. The summed E-state index contributed by atoms with van der Waals surface area (Å²) in [5.41, 5.74) is 0.250. The van der Waals surface area contributed by atoms with Crippen molar-refractivity contribution in [3.8, 4) is 5.75 Å². The lowest BCUT2D eigenvalue weighted by Gasteiger charge is -2.06. The van der Waals surface area contributed by atoms with Crippen LogP contribution in [0.25, 0.3) is 0 Å². The molecule has 1 aromatic rings. The van der Waals surface area contributed by atoms with Crippen LogP contribution in [0, 0.1) is 0 Å². The first-order valence-corrected chi connectivity index (χ1v) is 6.66. The quantitative estimate of drug-likeness (QED) is 0.556. The first-order valence-electron chi connectivity index (χ1n) is 6.66. The number of benzene rings is 1. The van der Waals surface area contributed by atoms with Crippen LogP contribution in [0.2, 0.25) is 0 Å². The minimum atomic E-state index is -0.942. The summed E-state index contributed by atoms with van der Waals surface area (Å²) in [4.78, 5) is 21.5. The summed E-state index contributed by atoms with van der Waals surface area (Å²) in [7, 11) is 1.39. The SMILES string of the molecule is COC(=O)CCCCCCOc1ccc(C(=O)O)cc1. The van der Waals surface area contributed by atoms with Gasteiger partial charge in [0.1, 0.15) is 5.75 Å². The standard InChI is InChI=1S/C15H20O5/c1-19-14(16)6-4-2-3-5-11-20-13-9-7-12(8-10-13)15(17)18/h7-10H,2-6,11H2,1H3,(H,17,18). The van der Waals surface area contributed by atoms with Gasteiger partial charge in [0.15, 0.2) is 0 Å². The number of esters is 1. The number of aromatic carboxylic acids is 1. The minimum absolute atomic E-state index is 0.167. The minimum Gasteiger partial charge on any atom is -0.494 e. The third-order valence-electron chi connectivity index (χ3n) is 2.87. The first-order chi connectivity index (χ1) is 9.63. The van der Waals surface area contributed by atoms with Crippen molar-refractivity contribution in [3.05, 3.63) is 29.8 Å². The van der Waals surface area contributed by atoms with Crippen molar-refractivity contribution in [2.45, 2.75) is 32.1 Å². The Morgan fingerprint density at radius 1 is 1.05 bits per heavy atom. The summed E-state index contributed by atoms with van der Waals surface area (Å²) in [5, 5.41) is 8.76. The highest BCUT2D eigenvalue weighted by molar-refractivity contribution is 5.87. The lowest BCUT2D eigenvalue weighted by molar-refractivity contribution is -0.140. The molecular formula is C15H20O5. The van der Waals surface area contributed by atoms with Gasteiger partial charge in [-0.25, -0.2) is 4.79 Å². The van der Waals surface area contributed by atoms with E-state index in [1.165, 1.54) is 19.2 Å². The van der Waals surface area contributed by atoms with Crippen LogP contribution in [-0.2, 0) is 9.53 Å². The Hall–Kier alpha value is -2.04. The van der Waals surface area contributed by atoms with Crippen molar-refractivity contribution >= 4 is 11.9 Å². The molecule has 0 aromatic heterocycles. The average molecular weight is 280 g/mol. The van der Waals surface area contributed by atoms with E-state index in [4.69, 9.17) is 9.84 Å². The number of hydrogen-bond donors (Lipinski definition) is 1. The second kappa shape index (κ2) is 8.96. The molecule has 5 heteroatoms. The van der Waals surface area contributed by atoms with E-state index in [9.17, 15) is 9.59 Å². The molecule has 20 heavy (non-hydrogen) atoms. The van der Waals surface area contributed by atoms with Gasteiger partial charge in [0.2, 0.25) is 0 Å². The van der Waals surface area contributed by atoms with Crippen LogP contribution in [-0.4, -0.2) is 30.8 Å². The van der Waals surface area contributed by atoms with Crippen LogP contribution in [0.5, 0.6) is 5.75 Å². The summed E-state index contributed by atoms with van der Waals surface area (Å²) < 4.78 is 10.1. The fourth-order valence-electron chi connectivity index (χ4n) is 1.71. The molecule has 0 amide bonds. The maximum atomic E-state index is 10.9. The number of rotatable bonds is 9. The molecule has 0 bridgehead atoms. The fourth-order valence-corrected chi connectivity index (χ4v) is 1.71. The third kappa shape index (κ3) is 6.22. The molecule has 0 saturated carbocycles. The van der Waals surface area contributed by atoms with Crippen LogP contribution in [0.3, 0.4) is 0 Å². The number of carbonyl (C=O) groups excluding carboxylic acids is 1. The van der Waals surface area contributed by atoms with E-state index in [-0.39, 0.29) is 11.5 Å². The van der Waals surface area contributed by atoms with Crippen molar-refractivity contribution < 1.29 is 24.2 Å². The average Bonchev–Trinajstić information content (AvgIpc) is 2.46. The lowest BCUT2D eigenvalue weighted by atomic mass is 10.1. The Morgan fingerprint density at radius 2 is 1.70 bits per heavy atom. The Bertz CT molecular complexity index is 424. The molecule has 1 rings (SSSR count). The zero-order chi connectivity index (χ0) is 14.8. The monoisotopic (exact) mass is 280 g/mol. The molecule has 0 heterocycles. The van der Waals surface area contributed by atoms with Crippen LogP contribution < -0.4 is 4.74 Å². The molecule has 0 radical (unpaired) electrons. The molecule has 5 nitrogen and oxygen atoms in total. The predicted molar refractivity (Wildman–Crippen MR) is 74.0 cm³/mol. The van der Waals surface area contributed by atoms with Crippen molar-refractivity contribution in [2.24, 2.45) is 0 Å².